The lowest BCUT2D eigenvalue weighted by molar-refractivity contribution is 0.106. The van der Waals surface area contributed by atoms with Crippen molar-refractivity contribution in [2.75, 3.05) is 19.7 Å². The van der Waals surface area contributed by atoms with Crippen LogP contribution in [0.5, 0.6) is 5.75 Å². The molecule has 0 amide bonds. The minimum atomic E-state index is -0.514. The predicted molar refractivity (Wildman–Crippen MR) is 83.5 cm³/mol. The number of aliphatic hydroxyl groups excluding tert-OH is 1. The minimum absolute atomic E-state index is 0.295. The van der Waals surface area contributed by atoms with Crippen LogP contribution in [-0.2, 0) is 6.42 Å². The first kappa shape index (κ1) is 15.5. The van der Waals surface area contributed by atoms with E-state index in [0.717, 1.165) is 24.3 Å². The molecular formula is C17H22N2O2. The fraction of sp³-hybridized carbons (Fsp3) is 0.353. The number of benzene rings is 1. The molecule has 0 saturated carbocycles. The van der Waals surface area contributed by atoms with Crippen LogP contribution in [0.1, 0.15) is 11.1 Å². The average molecular weight is 286 g/mol. The van der Waals surface area contributed by atoms with Crippen molar-refractivity contribution < 1.29 is 9.84 Å². The zero-order valence-corrected chi connectivity index (χ0v) is 12.3. The number of nitrogens with one attached hydrogen (secondary N) is 1. The zero-order chi connectivity index (χ0) is 14.9. The molecule has 4 heteroatoms. The highest BCUT2D eigenvalue weighted by atomic mass is 16.5. The van der Waals surface area contributed by atoms with Crippen LogP contribution in [0, 0.1) is 6.92 Å². The van der Waals surface area contributed by atoms with Crippen molar-refractivity contribution in [3.05, 3.63) is 59.9 Å². The van der Waals surface area contributed by atoms with Gasteiger partial charge >= 0.3 is 0 Å². The van der Waals surface area contributed by atoms with E-state index in [9.17, 15) is 5.11 Å². The van der Waals surface area contributed by atoms with Crippen LogP contribution in [0.3, 0.4) is 0 Å². The third-order valence-corrected chi connectivity index (χ3v) is 3.13. The Hall–Kier alpha value is -1.91. The molecule has 1 unspecified atom stereocenters. The average Bonchev–Trinajstić information content (AvgIpc) is 2.51. The Morgan fingerprint density at radius 1 is 1.29 bits per heavy atom. The van der Waals surface area contributed by atoms with Crippen LogP contribution in [0.25, 0.3) is 0 Å². The van der Waals surface area contributed by atoms with Crippen LogP contribution >= 0.6 is 0 Å². The van der Waals surface area contributed by atoms with Gasteiger partial charge in [-0.05, 0) is 49.2 Å². The fourth-order valence-electron chi connectivity index (χ4n) is 2.00. The Morgan fingerprint density at radius 2 is 2.19 bits per heavy atom. The van der Waals surface area contributed by atoms with Gasteiger partial charge in [0, 0.05) is 18.9 Å². The van der Waals surface area contributed by atoms with Crippen LogP contribution in [-0.4, -0.2) is 35.9 Å². The summed E-state index contributed by atoms with van der Waals surface area (Å²) in [6.45, 7) is 3.64. The third-order valence-electron chi connectivity index (χ3n) is 3.13. The van der Waals surface area contributed by atoms with Gasteiger partial charge in [-0.2, -0.15) is 0 Å². The van der Waals surface area contributed by atoms with E-state index in [-0.39, 0.29) is 0 Å². The Bertz CT molecular complexity index is 531. The maximum absolute atomic E-state index is 9.88. The van der Waals surface area contributed by atoms with Gasteiger partial charge in [-0.1, -0.05) is 18.2 Å². The van der Waals surface area contributed by atoms with Gasteiger partial charge in [-0.3, -0.25) is 4.98 Å². The molecule has 1 atom stereocenters. The lowest BCUT2D eigenvalue weighted by Crippen LogP contribution is -2.32. The van der Waals surface area contributed by atoms with Crippen molar-refractivity contribution in [3.63, 3.8) is 0 Å². The van der Waals surface area contributed by atoms with Crippen molar-refractivity contribution in [2.24, 2.45) is 0 Å². The summed E-state index contributed by atoms with van der Waals surface area (Å²) in [5.74, 6) is 0.796. The van der Waals surface area contributed by atoms with Crippen LogP contribution < -0.4 is 10.1 Å². The minimum Gasteiger partial charge on any atom is -0.491 e. The second-order valence-electron chi connectivity index (χ2n) is 5.10. The number of aryl methyl sites for hydroxylation is 1. The summed E-state index contributed by atoms with van der Waals surface area (Å²) >= 11 is 0. The van der Waals surface area contributed by atoms with E-state index >= 15 is 0 Å². The highest BCUT2D eigenvalue weighted by Crippen LogP contribution is 2.12. The van der Waals surface area contributed by atoms with Crippen molar-refractivity contribution in [1.82, 2.24) is 10.3 Å². The molecule has 2 rings (SSSR count). The summed E-state index contributed by atoms with van der Waals surface area (Å²) in [7, 11) is 0. The molecule has 4 nitrogen and oxygen atoms in total. The normalized spacial score (nSPS) is 12.1. The van der Waals surface area contributed by atoms with Gasteiger partial charge in [-0.15, -0.1) is 0 Å². The topological polar surface area (TPSA) is 54.4 Å². The summed E-state index contributed by atoms with van der Waals surface area (Å²) in [6, 6.07) is 11.8. The number of hydrogen-bond acceptors (Lipinski definition) is 4. The molecule has 2 N–H and O–H groups in total. The lowest BCUT2D eigenvalue weighted by atomic mass is 10.2. The van der Waals surface area contributed by atoms with Crippen molar-refractivity contribution >= 4 is 0 Å². The molecule has 0 aliphatic rings. The van der Waals surface area contributed by atoms with Crippen molar-refractivity contribution in [3.8, 4) is 5.75 Å². The molecule has 1 heterocycles. The molecule has 0 saturated heterocycles. The number of rotatable bonds is 8. The highest BCUT2D eigenvalue weighted by molar-refractivity contribution is 5.27. The zero-order valence-electron chi connectivity index (χ0n) is 12.3. The Kier molecular flexibility index (Phi) is 6.19. The number of aliphatic hydroxyl groups is 1. The van der Waals surface area contributed by atoms with E-state index in [1.165, 1.54) is 5.56 Å². The van der Waals surface area contributed by atoms with Crippen molar-refractivity contribution in [2.45, 2.75) is 19.4 Å². The van der Waals surface area contributed by atoms with Crippen molar-refractivity contribution in [1.29, 1.82) is 0 Å². The highest BCUT2D eigenvalue weighted by Gasteiger charge is 2.05. The summed E-state index contributed by atoms with van der Waals surface area (Å²) in [4.78, 5) is 4.07. The second-order valence-corrected chi connectivity index (χ2v) is 5.10. The third kappa shape index (κ3) is 5.94. The molecule has 0 radical (unpaired) electrons. The maximum atomic E-state index is 9.88. The molecule has 1 aromatic carbocycles. The number of nitrogens with zero attached hydrogens (tertiary/aromatic N) is 1. The Morgan fingerprint density at radius 3 is 2.95 bits per heavy atom. The number of hydrogen-bond donors (Lipinski definition) is 2. The fourth-order valence-corrected chi connectivity index (χ4v) is 2.00. The van der Waals surface area contributed by atoms with Gasteiger partial charge in [0.1, 0.15) is 18.5 Å². The predicted octanol–water partition coefficient (Wildman–Crippen LogP) is 1.96. The van der Waals surface area contributed by atoms with E-state index in [4.69, 9.17) is 4.74 Å². The second kappa shape index (κ2) is 8.39. The molecule has 112 valence electrons. The SMILES string of the molecule is Cc1cccc(OCC(O)CNCCc2cccnc2)c1. The standard InChI is InChI=1S/C17H22N2O2/c1-14-4-2-6-17(10-14)21-13-16(20)12-19-9-7-15-5-3-8-18-11-15/h2-6,8,10-11,16,19-20H,7,9,12-13H2,1H3. The quantitative estimate of drug-likeness (QED) is 0.728. The van der Waals surface area contributed by atoms with Crippen LogP contribution in [0.15, 0.2) is 48.8 Å². The molecular weight excluding hydrogens is 264 g/mol. The van der Waals surface area contributed by atoms with E-state index in [1.807, 2.05) is 49.5 Å². The molecule has 21 heavy (non-hydrogen) atoms. The van der Waals surface area contributed by atoms with Gasteiger partial charge in [0.15, 0.2) is 0 Å². The number of ether oxygens (including phenoxy) is 1. The van der Waals surface area contributed by atoms with E-state index in [0.29, 0.717) is 13.2 Å². The van der Waals surface area contributed by atoms with Crippen LogP contribution in [0.2, 0.25) is 0 Å². The number of aromatic nitrogens is 1. The summed E-state index contributed by atoms with van der Waals surface area (Å²) in [5.41, 5.74) is 2.34. The smallest absolute Gasteiger partial charge is 0.119 e. The summed E-state index contributed by atoms with van der Waals surface area (Å²) < 4.78 is 5.56. The monoisotopic (exact) mass is 286 g/mol. The largest absolute Gasteiger partial charge is 0.491 e. The Balaban J connectivity index is 1.60. The summed E-state index contributed by atoms with van der Waals surface area (Å²) in [5, 5.41) is 13.1. The molecule has 2 aromatic rings. The van der Waals surface area contributed by atoms with E-state index in [2.05, 4.69) is 10.3 Å². The molecule has 0 spiro atoms. The first-order chi connectivity index (χ1) is 10.2. The van der Waals surface area contributed by atoms with Gasteiger partial charge in [0.2, 0.25) is 0 Å². The number of pyridine rings is 1. The molecule has 0 aliphatic carbocycles. The molecule has 0 aliphatic heterocycles. The summed E-state index contributed by atoms with van der Waals surface area (Å²) in [6.07, 6.45) is 4.01. The van der Waals surface area contributed by atoms with E-state index < -0.39 is 6.10 Å². The molecule has 0 bridgehead atoms. The van der Waals surface area contributed by atoms with Gasteiger partial charge in [0.25, 0.3) is 0 Å². The van der Waals surface area contributed by atoms with E-state index in [1.54, 1.807) is 6.20 Å². The van der Waals surface area contributed by atoms with Gasteiger partial charge in [0.05, 0.1) is 0 Å². The maximum Gasteiger partial charge on any atom is 0.119 e. The first-order valence-corrected chi connectivity index (χ1v) is 7.21. The van der Waals surface area contributed by atoms with Gasteiger partial charge < -0.3 is 15.2 Å². The molecule has 0 fully saturated rings. The Labute approximate surface area is 125 Å². The van der Waals surface area contributed by atoms with Gasteiger partial charge in [-0.25, -0.2) is 0 Å². The van der Waals surface area contributed by atoms with Crippen LogP contribution in [0.4, 0.5) is 0 Å². The first-order valence-electron chi connectivity index (χ1n) is 7.21. The lowest BCUT2D eigenvalue weighted by Gasteiger charge is -2.13. The molecule has 1 aromatic heterocycles.